The van der Waals surface area contributed by atoms with Crippen LogP contribution >= 0.6 is 0 Å². The maximum atomic E-state index is 11.4. The van der Waals surface area contributed by atoms with Crippen LogP contribution in [0.1, 0.15) is 33.1 Å². The second-order valence-corrected chi connectivity index (χ2v) is 6.83. The molecule has 1 rings (SSSR count). The highest BCUT2D eigenvalue weighted by Gasteiger charge is 2.46. The summed E-state index contributed by atoms with van der Waals surface area (Å²) >= 11 is 0. The van der Waals surface area contributed by atoms with Crippen molar-refractivity contribution in [1.82, 2.24) is 5.32 Å². The van der Waals surface area contributed by atoms with Gasteiger partial charge in [-0.2, -0.15) is 0 Å². The van der Waals surface area contributed by atoms with Crippen LogP contribution in [-0.4, -0.2) is 33.0 Å². The minimum Gasteiger partial charge on any atom is -0.317 e. The van der Waals surface area contributed by atoms with Gasteiger partial charge in [-0.3, -0.25) is 0 Å². The maximum Gasteiger partial charge on any atom is 0.150 e. The summed E-state index contributed by atoms with van der Waals surface area (Å²) in [6.45, 7) is 3.86. The molecule has 14 heavy (non-hydrogen) atoms. The second-order valence-electron chi connectivity index (χ2n) is 4.36. The van der Waals surface area contributed by atoms with E-state index in [-0.39, 0.29) is 11.2 Å². The highest BCUT2D eigenvalue weighted by molar-refractivity contribution is 7.91. The van der Waals surface area contributed by atoms with Gasteiger partial charge in [-0.15, -0.1) is 0 Å². The van der Waals surface area contributed by atoms with Crippen LogP contribution < -0.4 is 5.32 Å². The summed E-state index contributed by atoms with van der Waals surface area (Å²) in [4.78, 5) is 0. The van der Waals surface area contributed by atoms with E-state index in [1.54, 1.807) is 6.92 Å². The minimum absolute atomic E-state index is 0.275. The van der Waals surface area contributed by atoms with Gasteiger partial charge in [0.05, 0.1) is 5.75 Å². The lowest BCUT2D eigenvalue weighted by Gasteiger charge is -2.22. The Labute approximate surface area is 87.2 Å². The molecule has 4 heteroatoms. The molecule has 0 aromatic carbocycles. The van der Waals surface area contributed by atoms with E-state index >= 15 is 0 Å². The maximum absolute atomic E-state index is 11.4. The van der Waals surface area contributed by atoms with Crippen molar-refractivity contribution in [3.63, 3.8) is 0 Å². The van der Waals surface area contributed by atoms with Crippen molar-refractivity contribution < 1.29 is 8.42 Å². The normalized spacial score (nSPS) is 21.9. The van der Waals surface area contributed by atoms with Crippen molar-refractivity contribution >= 4 is 9.84 Å². The lowest BCUT2D eigenvalue weighted by molar-refractivity contribution is 0.361. The van der Waals surface area contributed by atoms with E-state index in [4.69, 9.17) is 0 Å². The van der Waals surface area contributed by atoms with E-state index in [9.17, 15) is 8.42 Å². The van der Waals surface area contributed by atoms with Crippen LogP contribution in [0.5, 0.6) is 0 Å². The van der Waals surface area contributed by atoms with Gasteiger partial charge < -0.3 is 5.32 Å². The molecule has 3 nitrogen and oxygen atoms in total. The summed E-state index contributed by atoms with van der Waals surface area (Å²) in [5.41, 5.74) is 0.275. The Hall–Kier alpha value is -0.0900. The minimum atomic E-state index is -2.78. The Morgan fingerprint density at radius 2 is 2.00 bits per heavy atom. The Morgan fingerprint density at radius 1 is 1.43 bits per heavy atom. The predicted molar refractivity (Wildman–Crippen MR) is 59.1 cm³/mol. The van der Waals surface area contributed by atoms with Crippen molar-refractivity contribution in [2.24, 2.45) is 5.41 Å². The van der Waals surface area contributed by atoms with E-state index < -0.39 is 9.84 Å². The van der Waals surface area contributed by atoms with Gasteiger partial charge in [-0.05, 0) is 38.6 Å². The summed E-state index contributed by atoms with van der Waals surface area (Å²) in [5, 5.41) is 3.23. The Morgan fingerprint density at radius 3 is 2.36 bits per heavy atom. The lowest BCUT2D eigenvalue weighted by Crippen LogP contribution is -2.33. The number of hydrogen-bond donors (Lipinski definition) is 1. The molecule has 0 radical (unpaired) electrons. The molecule has 1 unspecified atom stereocenters. The first-order chi connectivity index (χ1) is 6.46. The van der Waals surface area contributed by atoms with Crippen LogP contribution in [0, 0.1) is 5.41 Å². The van der Waals surface area contributed by atoms with E-state index in [1.807, 2.05) is 7.05 Å². The molecule has 0 spiro atoms. The molecule has 1 atom stereocenters. The molecule has 1 aliphatic rings. The van der Waals surface area contributed by atoms with E-state index in [0.29, 0.717) is 11.8 Å². The lowest BCUT2D eigenvalue weighted by atomic mass is 9.95. The smallest absolute Gasteiger partial charge is 0.150 e. The molecule has 1 N–H and O–H groups in total. The SMILES string of the molecule is CCS(=O)(=O)CCC1(C(C)NC)CC1. The Kier molecular flexibility index (Phi) is 3.58. The van der Waals surface area contributed by atoms with Crippen molar-refractivity contribution in [2.45, 2.75) is 39.2 Å². The molecule has 0 saturated heterocycles. The Bertz CT molecular complexity index is 280. The van der Waals surface area contributed by atoms with Gasteiger partial charge in [-0.1, -0.05) is 6.92 Å². The first-order valence-corrected chi connectivity index (χ1v) is 7.15. The molecule has 1 aliphatic carbocycles. The molecule has 1 fully saturated rings. The van der Waals surface area contributed by atoms with Crippen LogP contribution in [0.4, 0.5) is 0 Å². The summed E-state index contributed by atoms with van der Waals surface area (Å²) in [6.07, 6.45) is 3.17. The average molecular weight is 219 g/mol. The van der Waals surface area contributed by atoms with Gasteiger partial charge in [-0.25, -0.2) is 8.42 Å². The van der Waals surface area contributed by atoms with Crippen molar-refractivity contribution in [2.75, 3.05) is 18.6 Å². The molecule has 0 aromatic rings. The number of hydrogen-bond acceptors (Lipinski definition) is 3. The monoisotopic (exact) mass is 219 g/mol. The molecule has 84 valence electrons. The molecular formula is C10H21NO2S. The van der Waals surface area contributed by atoms with E-state index in [1.165, 1.54) is 12.8 Å². The summed E-state index contributed by atoms with van der Waals surface area (Å²) in [7, 11) is -0.839. The fraction of sp³-hybridized carbons (Fsp3) is 1.00. The van der Waals surface area contributed by atoms with Crippen LogP contribution in [-0.2, 0) is 9.84 Å². The van der Waals surface area contributed by atoms with E-state index in [2.05, 4.69) is 12.2 Å². The van der Waals surface area contributed by atoms with Crippen molar-refractivity contribution in [1.29, 1.82) is 0 Å². The molecule has 1 saturated carbocycles. The third-order valence-electron chi connectivity index (χ3n) is 3.59. The number of rotatable bonds is 6. The molecule has 0 bridgehead atoms. The molecular weight excluding hydrogens is 198 g/mol. The zero-order valence-electron chi connectivity index (χ0n) is 9.34. The number of nitrogens with one attached hydrogen (secondary N) is 1. The second kappa shape index (κ2) is 4.19. The molecule has 0 aromatic heterocycles. The third kappa shape index (κ3) is 2.70. The highest BCUT2D eigenvalue weighted by Crippen LogP contribution is 2.51. The first-order valence-electron chi connectivity index (χ1n) is 5.33. The van der Waals surface area contributed by atoms with Crippen LogP contribution in [0.2, 0.25) is 0 Å². The van der Waals surface area contributed by atoms with Gasteiger partial charge in [0, 0.05) is 11.8 Å². The number of sulfone groups is 1. The zero-order valence-corrected chi connectivity index (χ0v) is 10.2. The van der Waals surface area contributed by atoms with Crippen molar-refractivity contribution in [3.8, 4) is 0 Å². The highest BCUT2D eigenvalue weighted by atomic mass is 32.2. The Balaban J connectivity index is 2.46. The van der Waals surface area contributed by atoms with Crippen LogP contribution in [0.15, 0.2) is 0 Å². The fourth-order valence-corrected chi connectivity index (χ4v) is 2.88. The first kappa shape index (κ1) is 12.0. The average Bonchev–Trinajstić information content (AvgIpc) is 2.95. The van der Waals surface area contributed by atoms with Gasteiger partial charge in [0.25, 0.3) is 0 Å². The topological polar surface area (TPSA) is 46.2 Å². The quantitative estimate of drug-likeness (QED) is 0.730. The molecule has 0 aliphatic heterocycles. The van der Waals surface area contributed by atoms with Crippen LogP contribution in [0.3, 0.4) is 0 Å². The summed E-state index contributed by atoms with van der Waals surface area (Å²) in [5.74, 6) is 0.631. The molecule has 0 amide bonds. The fourth-order valence-electron chi connectivity index (χ4n) is 1.87. The summed E-state index contributed by atoms with van der Waals surface area (Å²) in [6, 6.07) is 0.439. The predicted octanol–water partition coefficient (Wildman–Crippen LogP) is 1.20. The third-order valence-corrected chi connectivity index (χ3v) is 5.30. The molecule has 0 heterocycles. The largest absolute Gasteiger partial charge is 0.317 e. The standard InChI is InChI=1S/C10H21NO2S/c1-4-14(12,13)8-7-10(5-6-10)9(2)11-3/h9,11H,4-8H2,1-3H3. The van der Waals surface area contributed by atoms with Gasteiger partial charge in [0.2, 0.25) is 0 Å². The van der Waals surface area contributed by atoms with Gasteiger partial charge in [0.15, 0.2) is 0 Å². The van der Waals surface area contributed by atoms with Gasteiger partial charge >= 0.3 is 0 Å². The van der Waals surface area contributed by atoms with Crippen molar-refractivity contribution in [3.05, 3.63) is 0 Å². The van der Waals surface area contributed by atoms with E-state index in [0.717, 1.165) is 6.42 Å². The van der Waals surface area contributed by atoms with Crippen LogP contribution in [0.25, 0.3) is 0 Å². The van der Waals surface area contributed by atoms with Gasteiger partial charge in [0.1, 0.15) is 9.84 Å². The summed E-state index contributed by atoms with van der Waals surface area (Å²) < 4.78 is 22.7. The zero-order chi connectivity index (χ0) is 10.8.